The van der Waals surface area contributed by atoms with Crippen LogP contribution in [0.5, 0.6) is 0 Å². The van der Waals surface area contributed by atoms with Crippen LogP contribution in [0.4, 0.5) is 0 Å². The molecule has 0 unspecified atom stereocenters. The van der Waals surface area contributed by atoms with E-state index >= 15 is 0 Å². The highest BCUT2D eigenvalue weighted by Gasteiger charge is 2.21. The molecule has 12 aromatic rings. The third-order valence-electron chi connectivity index (χ3n) is 11.1. The molecule has 0 saturated heterocycles. The largest absolute Gasteiger partial charge is 0.455 e. The van der Waals surface area contributed by atoms with Crippen LogP contribution in [-0.2, 0) is 0 Å². The summed E-state index contributed by atoms with van der Waals surface area (Å²) < 4.78 is 11.6. The van der Waals surface area contributed by atoms with Crippen LogP contribution < -0.4 is 0 Å². The van der Waals surface area contributed by atoms with Gasteiger partial charge in [0.15, 0.2) is 17.5 Å². The van der Waals surface area contributed by atoms with Crippen molar-refractivity contribution in [1.82, 2.24) is 19.5 Å². The number of hydrogen-bond acceptors (Lipinski definition) is 5. The number of hydrogen-bond donors (Lipinski definition) is 0. The number of furan rings is 1. The summed E-state index contributed by atoms with van der Waals surface area (Å²) in [4.78, 5) is 15.2. The van der Waals surface area contributed by atoms with Crippen molar-refractivity contribution in [1.29, 1.82) is 0 Å². The van der Waals surface area contributed by atoms with Crippen LogP contribution >= 0.6 is 11.3 Å². The molecule has 0 bridgehead atoms. The molecule has 0 fully saturated rings. The number of aromatic nitrogens is 4. The van der Waals surface area contributed by atoms with Crippen LogP contribution in [0.1, 0.15) is 0 Å². The van der Waals surface area contributed by atoms with Gasteiger partial charge in [-0.15, -0.1) is 11.3 Å². The van der Waals surface area contributed by atoms with Gasteiger partial charge in [-0.3, -0.25) is 0 Å². The van der Waals surface area contributed by atoms with Gasteiger partial charge in [0.05, 0.1) is 22.1 Å². The zero-order chi connectivity index (χ0) is 37.5. The highest BCUT2D eigenvalue weighted by atomic mass is 32.1. The number of fused-ring (bicyclic) bond motifs is 9. The number of thiophene rings is 1. The molecule has 4 aromatic heterocycles. The van der Waals surface area contributed by atoms with Crippen LogP contribution in [0, 0.1) is 0 Å². The van der Waals surface area contributed by atoms with E-state index in [4.69, 9.17) is 19.4 Å². The van der Waals surface area contributed by atoms with E-state index in [9.17, 15) is 0 Å². The average Bonchev–Trinajstić information content (AvgIpc) is 3.96. The van der Waals surface area contributed by atoms with E-state index in [0.717, 1.165) is 66.2 Å². The van der Waals surface area contributed by atoms with Gasteiger partial charge in [-0.1, -0.05) is 140 Å². The topological polar surface area (TPSA) is 56.7 Å². The molecule has 0 radical (unpaired) electrons. The third-order valence-corrected chi connectivity index (χ3v) is 12.2. The number of rotatable bonds is 5. The maximum Gasteiger partial charge on any atom is 0.164 e. The lowest BCUT2D eigenvalue weighted by Crippen LogP contribution is -2.00. The fourth-order valence-electron chi connectivity index (χ4n) is 8.53. The summed E-state index contributed by atoms with van der Waals surface area (Å²) in [5, 5.41) is 6.95. The first kappa shape index (κ1) is 31.9. The van der Waals surface area contributed by atoms with Crippen LogP contribution in [0.15, 0.2) is 186 Å². The molecule has 0 spiro atoms. The first-order chi connectivity index (χ1) is 28.3. The maximum atomic E-state index is 6.85. The molecule has 0 N–H and O–H groups in total. The summed E-state index contributed by atoms with van der Waals surface area (Å²) in [6, 6.07) is 63.7. The Balaban J connectivity index is 1.06. The molecule has 0 amide bonds. The molecule has 0 aliphatic carbocycles. The summed E-state index contributed by atoms with van der Waals surface area (Å²) in [5.74, 6) is 1.94. The quantitative estimate of drug-likeness (QED) is 0.176. The third kappa shape index (κ3) is 4.98. The van der Waals surface area contributed by atoms with Crippen molar-refractivity contribution in [3.63, 3.8) is 0 Å². The van der Waals surface area contributed by atoms with Gasteiger partial charge in [-0.25, -0.2) is 15.0 Å². The lowest BCUT2D eigenvalue weighted by Gasteiger charge is -2.10. The van der Waals surface area contributed by atoms with E-state index in [1.54, 1.807) is 11.3 Å². The van der Waals surface area contributed by atoms with E-state index in [1.165, 1.54) is 31.2 Å². The first-order valence-corrected chi connectivity index (χ1v) is 19.8. The van der Waals surface area contributed by atoms with Crippen molar-refractivity contribution < 1.29 is 4.42 Å². The number of nitrogens with zero attached hydrogens (tertiary/aromatic N) is 4. The Morgan fingerprint density at radius 3 is 1.72 bits per heavy atom. The summed E-state index contributed by atoms with van der Waals surface area (Å²) in [6.07, 6.45) is 0. The lowest BCUT2D eigenvalue weighted by molar-refractivity contribution is 0.670. The fraction of sp³-hybridized carbons (Fsp3) is 0. The molecular weight excluding hydrogens is 717 g/mol. The summed E-state index contributed by atoms with van der Waals surface area (Å²) in [7, 11) is 0. The molecule has 5 nitrogen and oxygen atoms in total. The van der Waals surface area contributed by atoms with Gasteiger partial charge in [-0.2, -0.15) is 0 Å². The summed E-state index contributed by atoms with van der Waals surface area (Å²) >= 11 is 1.79. The van der Waals surface area contributed by atoms with Gasteiger partial charge < -0.3 is 8.98 Å². The minimum absolute atomic E-state index is 0.647. The van der Waals surface area contributed by atoms with E-state index < -0.39 is 0 Å². The van der Waals surface area contributed by atoms with Crippen molar-refractivity contribution in [2.75, 3.05) is 0 Å². The van der Waals surface area contributed by atoms with Crippen molar-refractivity contribution in [3.05, 3.63) is 182 Å². The first-order valence-electron chi connectivity index (χ1n) is 19.0. The minimum atomic E-state index is 0.647. The Kier molecular flexibility index (Phi) is 7.03. The molecule has 0 atom stereocenters. The Morgan fingerprint density at radius 1 is 0.404 bits per heavy atom. The zero-order valence-corrected chi connectivity index (χ0v) is 31.2. The maximum absolute atomic E-state index is 6.85. The molecule has 0 saturated carbocycles. The molecule has 57 heavy (non-hydrogen) atoms. The highest BCUT2D eigenvalue weighted by Crippen LogP contribution is 2.44. The van der Waals surface area contributed by atoms with Gasteiger partial charge in [0.2, 0.25) is 0 Å². The number of para-hydroxylation sites is 3. The molecule has 266 valence electrons. The van der Waals surface area contributed by atoms with Crippen LogP contribution in [0.25, 0.3) is 115 Å². The van der Waals surface area contributed by atoms with Crippen molar-refractivity contribution in [3.8, 4) is 51.0 Å². The van der Waals surface area contributed by atoms with E-state index in [0.29, 0.717) is 17.5 Å². The second-order valence-corrected chi connectivity index (χ2v) is 15.4. The Hall–Kier alpha value is -7.41. The predicted octanol–water partition coefficient (Wildman–Crippen LogP) is 13.9. The van der Waals surface area contributed by atoms with Crippen molar-refractivity contribution in [2.45, 2.75) is 0 Å². The Morgan fingerprint density at radius 2 is 1.00 bits per heavy atom. The Bertz CT molecular complexity index is 3420. The smallest absolute Gasteiger partial charge is 0.164 e. The van der Waals surface area contributed by atoms with Crippen molar-refractivity contribution in [2.24, 2.45) is 0 Å². The molecule has 6 heteroatoms. The average molecular weight is 747 g/mol. The molecule has 4 heterocycles. The monoisotopic (exact) mass is 746 g/mol. The zero-order valence-electron chi connectivity index (χ0n) is 30.4. The van der Waals surface area contributed by atoms with Gasteiger partial charge in [0, 0.05) is 58.6 Å². The van der Waals surface area contributed by atoms with E-state index in [-0.39, 0.29) is 0 Å². The van der Waals surface area contributed by atoms with E-state index in [1.807, 2.05) is 60.7 Å². The van der Waals surface area contributed by atoms with Crippen LogP contribution in [0.2, 0.25) is 0 Å². The van der Waals surface area contributed by atoms with Crippen LogP contribution in [-0.4, -0.2) is 19.5 Å². The minimum Gasteiger partial charge on any atom is -0.455 e. The van der Waals surface area contributed by atoms with Crippen molar-refractivity contribution >= 4 is 75.3 Å². The molecular formula is C51H30N4OS. The van der Waals surface area contributed by atoms with Gasteiger partial charge in [0.1, 0.15) is 11.2 Å². The Labute approximate surface area is 330 Å². The molecule has 12 rings (SSSR count). The van der Waals surface area contributed by atoms with Gasteiger partial charge in [-0.05, 0) is 48.0 Å². The summed E-state index contributed by atoms with van der Waals surface area (Å²) in [6.45, 7) is 0. The molecule has 0 aliphatic rings. The number of benzene rings is 8. The second kappa shape index (κ2) is 12.6. The second-order valence-electron chi connectivity index (χ2n) is 14.3. The van der Waals surface area contributed by atoms with Crippen LogP contribution in [0.3, 0.4) is 0 Å². The van der Waals surface area contributed by atoms with Gasteiger partial charge >= 0.3 is 0 Å². The molecule has 0 aliphatic heterocycles. The predicted molar refractivity (Wildman–Crippen MR) is 236 cm³/mol. The summed E-state index contributed by atoms with van der Waals surface area (Å²) in [5.41, 5.74) is 10.2. The SMILES string of the molecule is c1ccc(-c2nc(-c3ccccc3)nc(-c3cccc4sc5ccc(-c6cccc7c6oc6cccc(-n8c9ccccc9c9ccccc98)c67)cc5c34)n2)cc1. The standard InChI is InChI=1S/C51H30N4OS/c1-3-14-31(15-4-1)49-52-50(32-16-5-2-6-17-32)54-51(53-49)38-22-12-27-45-46(38)39-30-33(28-29-44(39)57-45)34-20-11-21-37-47-42(25-13-26-43(47)56-48(34)37)55-40-23-9-7-18-35(40)36-19-8-10-24-41(36)55/h1-30H. The lowest BCUT2D eigenvalue weighted by atomic mass is 9.98. The molecule has 8 aromatic carbocycles. The normalized spacial score (nSPS) is 11.9. The van der Waals surface area contributed by atoms with E-state index in [2.05, 4.69) is 126 Å². The fourth-order valence-corrected chi connectivity index (χ4v) is 9.65. The van der Waals surface area contributed by atoms with Gasteiger partial charge in [0.25, 0.3) is 0 Å². The highest BCUT2D eigenvalue weighted by molar-refractivity contribution is 7.26.